The van der Waals surface area contributed by atoms with E-state index in [0.29, 0.717) is 12.2 Å². The Bertz CT molecular complexity index is 1210. The predicted molar refractivity (Wildman–Crippen MR) is 135 cm³/mol. The molecule has 1 unspecified atom stereocenters. The van der Waals surface area contributed by atoms with Gasteiger partial charge in [-0.2, -0.15) is 0 Å². The van der Waals surface area contributed by atoms with Gasteiger partial charge in [-0.05, 0) is 50.0 Å². The van der Waals surface area contributed by atoms with Crippen LogP contribution in [0, 0.1) is 6.92 Å². The van der Waals surface area contributed by atoms with Crippen molar-refractivity contribution in [2.45, 2.75) is 45.2 Å². The number of hydrogen-bond acceptors (Lipinski definition) is 6. The highest BCUT2D eigenvalue weighted by Gasteiger charge is 2.30. The van der Waals surface area contributed by atoms with Crippen LogP contribution in [0.25, 0.3) is 0 Å². The Kier molecular flexibility index (Phi) is 8.74. The van der Waals surface area contributed by atoms with Crippen molar-refractivity contribution in [2.75, 3.05) is 30.3 Å². The van der Waals surface area contributed by atoms with Crippen molar-refractivity contribution in [3.8, 4) is 0 Å². The molecule has 2 heterocycles. The third kappa shape index (κ3) is 8.12. The predicted octanol–water partition coefficient (Wildman–Crippen LogP) is 4.55. The molecule has 0 bridgehead atoms. The van der Waals surface area contributed by atoms with Crippen molar-refractivity contribution in [2.24, 2.45) is 0 Å². The molecule has 2 aliphatic rings. The number of nitrogens with zero attached hydrogens (tertiary/aromatic N) is 3. The van der Waals surface area contributed by atoms with Crippen molar-refractivity contribution in [1.82, 2.24) is 20.2 Å². The van der Waals surface area contributed by atoms with Gasteiger partial charge in [0.1, 0.15) is 0 Å². The van der Waals surface area contributed by atoms with Gasteiger partial charge in [-0.25, -0.2) is 9.78 Å². The van der Waals surface area contributed by atoms with E-state index in [2.05, 4.69) is 53.8 Å². The number of aryl methyl sites for hydroxylation is 1. The molecule has 1 saturated heterocycles. The molecular weight excluding hydrogens is 501 g/mol. The number of allylic oxidation sites excluding steroid dienone is 2. The number of aromatic nitrogens is 2. The molecule has 9 nitrogen and oxygen atoms in total. The van der Waals surface area contributed by atoms with Gasteiger partial charge in [-0.3, -0.25) is 24.7 Å². The quantitative estimate of drug-likeness (QED) is 0.462. The van der Waals surface area contributed by atoms with Gasteiger partial charge >= 0.3 is 12.4 Å². The molecule has 0 saturated carbocycles. The fraction of sp³-hybridized carbons (Fsp3) is 0.385. The minimum atomic E-state index is -4.88. The number of nitrogens with one attached hydrogen (secondary N) is 3. The zero-order chi connectivity index (χ0) is 27.1. The summed E-state index contributed by atoms with van der Waals surface area (Å²) in [5, 5.41) is 7.90. The van der Waals surface area contributed by atoms with Gasteiger partial charge in [0.25, 0.3) is 5.91 Å². The average Bonchev–Trinajstić information content (AvgIpc) is 3.31. The summed E-state index contributed by atoms with van der Waals surface area (Å²) >= 11 is 0. The monoisotopic (exact) mass is 530 g/mol. The maximum Gasteiger partial charge on any atom is 0.522 e. The van der Waals surface area contributed by atoms with Crippen molar-refractivity contribution in [1.29, 1.82) is 0 Å². The number of halogens is 3. The molecule has 4 rings (SSSR count). The minimum absolute atomic E-state index is 0.0100. The van der Waals surface area contributed by atoms with Gasteiger partial charge < -0.3 is 10.6 Å². The van der Waals surface area contributed by atoms with E-state index in [9.17, 15) is 22.8 Å². The molecule has 3 amide bonds. The van der Waals surface area contributed by atoms with Crippen molar-refractivity contribution < 1.29 is 27.5 Å². The highest BCUT2D eigenvalue weighted by Crippen LogP contribution is 2.25. The molecule has 1 atom stereocenters. The standard InChI is InChI=1S/C26H29F3N6O3/c1-17-12-31-23(13-30-17)34-25(37)33-22-8-7-19(11-20(22)16-38-26(27,28)29)24(36)32-21-9-10-35(15-21)14-18-5-3-2-4-6-18/h3,5-8,11-13,21H,2,4,9-10,14-16H2,1H3,(H,32,36)(H2,31,33,34,37). The Morgan fingerprint density at radius 1 is 1.16 bits per heavy atom. The number of carbonyl (C=O) groups excluding carboxylic acids is 2. The van der Waals surface area contributed by atoms with E-state index in [0.717, 1.165) is 32.4 Å². The van der Waals surface area contributed by atoms with Crippen LogP contribution in [-0.4, -0.2) is 58.8 Å². The Labute approximate surface area is 218 Å². The largest absolute Gasteiger partial charge is 0.522 e. The van der Waals surface area contributed by atoms with Gasteiger partial charge in [-0.15, -0.1) is 13.2 Å². The number of amides is 3. The molecule has 1 aliphatic carbocycles. The second kappa shape index (κ2) is 12.2. The Hall–Kier alpha value is -3.77. The summed E-state index contributed by atoms with van der Waals surface area (Å²) in [5.74, 6) is -0.244. The highest BCUT2D eigenvalue weighted by atomic mass is 19.4. The van der Waals surface area contributed by atoms with Crippen LogP contribution in [0.15, 0.2) is 54.4 Å². The lowest BCUT2D eigenvalue weighted by Crippen LogP contribution is -2.37. The molecule has 0 radical (unpaired) electrons. The molecule has 1 aromatic carbocycles. The number of alkyl halides is 3. The molecule has 1 aliphatic heterocycles. The molecule has 0 spiro atoms. The Morgan fingerprint density at radius 2 is 2.00 bits per heavy atom. The summed E-state index contributed by atoms with van der Waals surface area (Å²) in [6.07, 6.45) is 7.29. The van der Waals surface area contributed by atoms with Crippen LogP contribution in [0.2, 0.25) is 0 Å². The van der Waals surface area contributed by atoms with Crippen LogP contribution >= 0.6 is 0 Å². The van der Waals surface area contributed by atoms with Crippen LogP contribution in [-0.2, 0) is 11.3 Å². The van der Waals surface area contributed by atoms with Gasteiger partial charge in [0.05, 0.1) is 24.7 Å². The fourth-order valence-corrected chi connectivity index (χ4v) is 4.27. The van der Waals surface area contributed by atoms with Crippen molar-refractivity contribution in [3.63, 3.8) is 0 Å². The third-order valence-corrected chi connectivity index (χ3v) is 6.12. The molecule has 1 aromatic heterocycles. The van der Waals surface area contributed by atoms with E-state index < -0.39 is 24.9 Å². The maximum atomic E-state index is 12.9. The smallest absolute Gasteiger partial charge is 0.348 e. The van der Waals surface area contributed by atoms with Gasteiger partial charge in [0.15, 0.2) is 5.82 Å². The molecule has 38 heavy (non-hydrogen) atoms. The minimum Gasteiger partial charge on any atom is -0.348 e. The van der Waals surface area contributed by atoms with Crippen molar-refractivity contribution >= 4 is 23.4 Å². The summed E-state index contributed by atoms with van der Waals surface area (Å²) in [7, 11) is 0. The van der Waals surface area contributed by atoms with Crippen LogP contribution in [0.5, 0.6) is 0 Å². The lowest BCUT2D eigenvalue weighted by Gasteiger charge is -2.19. The molecule has 3 N–H and O–H groups in total. The lowest BCUT2D eigenvalue weighted by molar-refractivity contribution is -0.330. The zero-order valence-electron chi connectivity index (χ0n) is 20.8. The average molecular weight is 531 g/mol. The molecule has 202 valence electrons. The highest BCUT2D eigenvalue weighted by molar-refractivity contribution is 6.00. The van der Waals surface area contributed by atoms with E-state index in [-0.39, 0.29) is 28.7 Å². The first kappa shape index (κ1) is 27.3. The second-order valence-electron chi connectivity index (χ2n) is 9.18. The van der Waals surface area contributed by atoms with Crippen molar-refractivity contribution in [3.05, 3.63) is 71.2 Å². The van der Waals surface area contributed by atoms with E-state index in [1.807, 2.05) is 0 Å². The number of ether oxygens (including phenoxy) is 1. The number of anilines is 2. The van der Waals surface area contributed by atoms with E-state index in [4.69, 9.17) is 0 Å². The van der Waals surface area contributed by atoms with Gasteiger partial charge in [0.2, 0.25) is 0 Å². The SMILES string of the molecule is Cc1cnc(NC(=O)Nc2ccc(C(=O)NC3CCN(CC4=CCCC=C4)C3)cc2COC(F)(F)F)cn1. The second-order valence-corrected chi connectivity index (χ2v) is 9.18. The van der Waals surface area contributed by atoms with Crippen LogP contribution < -0.4 is 16.0 Å². The first-order valence-electron chi connectivity index (χ1n) is 12.2. The molecule has 12 heteroatoms. The Balaban J connectivity index is 1.40. The summed E-state index contributed by atoms with van der Waals surface area (Å²) in [6.45, 7) is 3.19. The number of benzene rings is 1. The first-order valence-corrected chi connectivity index (χ1v) is 12.2. The summed E-state index contributed by atoms with van der Waals surface area (Å²) in [5.41, 5.74) is 2.13. The third-order valence-electron chi connectivity index (χ3n) is 6.12. The molecule has 2 aromatic rings. The number of likely N-dealkylation sites (tertiary alicyclic amines) is 1. The summed E-state index contributed by atoms with van der Waals surface area (Å²) < 4.78 is 42.3. The zero-order valence-corrected chi connectivity index (χ0v) is 20.8. The topological polar surface area (TPSA) is 108 Å². The number of hydrogen-bond donors (Lipinski definition) is 3. The van der Waals surface area contributed by atoms with Gasteiger partial charge in [0, 0.05) is 42.5 Å². The maximum absolute atomic E-state index is 12.9. The number of carbonyl (C=O) groups is 2. The van der Waals surface area contributed by atoms with E-state index in [1.54, 1.807) is 6.92 Å². The molecule has 1 fully saturated rings. The lowest BCUT2D eigenvalue weighted by atomic mass is 10.1. The Morgan fingerprint density at radius 3 is 2.71 bits per heavy atom. The summed E-state index contributed by atoms with van der Waals surface area (Å²) in [4.78, 5) is 35.6. The number of rotatable bonds is 8. The van der Waals surface area contributed by atoms with Crippen LogP contribution in [0.3, 0.4) is 0 Å². The normalized spacial score (nSPS) is 17.7. The van der Waals surface area contributed by atoms with Crippen LogP contribution in [0.4, 0.5) is 29.5 Å². The number of urea groups is 1. The first-order chi connectivity index (χ1) is 18.1. The fourth-order valence-electron chi connectivity index (χ4n) is 4.27. The van der Waals surface area contributed by atoms with Gasteiger partial charge in [-0.1, -0.05) is 18.2 Å². The molecular formula is C26H29F3N6O3. The van der Waals surface area contributed by atoms with Crippen LogP contribution in [0.1, 0.15) is 40.9 Å². The van der Waals surface area contributed by atoms with E-state index >= 15 is 0 Å². The van der Waals surface area contributed by atoms with E-state index in [1.165, 1.54) is 36.2 Å². The summed E-state index contributed by atoms with van der Waals surface area (Å²) in [6, 6.07) is 3.28.